The third-order valence-electron chi connectivity index (χ3n) is 2.16. The molecule has 1 heterocycles. The van der Waals surface area contributed by atoms with Gasteiger partial charge in [0.15, 0.2) is 11.9 Å². The lowest BCUT2D eigenvalue weighted by atomic mass is 9.94. The zero-order chi connectivity index (χ0) is 9.14. The van der Waals surface area contributed by atoms with Gasteiger partial charge in [-0.2, -0.15) is 4.73 Å². The van der Waals surface area contributed by atoms with E-state index in [9.17, 15) is 5.21 Å². The van der Waals surface area contributed by atoms with E-state index in [1.165, 1.54) is 12.1 Å². The summed E-state index contributed by atoms with van der Waals surface area (Å²) in [7, 11) is 0. The molecular formula is C10H14NO. The third-order valence-corrected chi connectivity index (χ3v) is 2.16. The van der Waals surface area contributed by atoms with E-state index < -0.39 is 0 Å². The van der Waals surface area contributed by atoms with E-state index in [1.807, 2.05) is 32.9 Å². The van der Waals surface area contributed by atoms with E-state index in [0.717, 1.165) is 10.4 Å². The van der Waals surface area contributed by atoms with E-state index >= 15 is 0 Å². The minimum Gasteiger partial charge on any atom is -0.618 e. The summed E-state index contributed by atoms with van der Waals surface area (Å²) in [6, 6.07) is 5.50. The van der Waals surface area contributed by atoms with Gasteiger partial charge in [0, 0.05) is 18.1 Å². The Kier molecular flexibility index (Phi) is 2.69. The zero-order valence-corrected chi connectivity index (χ0v) is 7.74. The molecular weight excluding hydrogens is 150 g/mol. The van der Waals surface area contributed by atoms with Gasteiger partial charge in [0.05, 0.1) is 0 Å². The largest absolute Gasteiger partial charge is 0.618 e. The van der Waals surface area contributed by atoms with Gasteiger partial charge in [-0.3, -0.25) is 0 Å². The molecule has 1 aromatic heterocycles. The molecule has 2 nitrogen and oxygen atoms in total. The van der Waals surface area contributed by atoms with Gasteiger partial charge < -0.3 is 5.21 Å². The molecule has 1 radical (unpaired) electrons. The molecule has 12 heavy (non-hydrogen) atoms. The van der Waals surface area contributed by atoms with Crippen LogP contribution in [0.5, 0.6) is 0 Å². The third kappa shape index (κ3) is 1.76. The van der Waals surface area contributed by atoms with Crippen molar-refractivity contribution in [3.05, 3.63) is 41.2 Å². The fraction of sp³-hybridized carbons (Fsp3) is 0.400. The van der Waals surface area contributed by atoms with E-state index in [2.05, 4.69) is 0 Å². The van der Waals surface area contributed by atoms with Gasteiger partial charge in [-0.25, -0.2) is 0 Å². The van der Waals surface area contributed by atoms with E-state index in [1.54, 1.807) is 6.07 Å². The molecule has 0 aromatic carbocycles. The maximum Gasteiger partial charge on any atom is 0.196 e. The first-order valence-electron chi connectivity index (χ1n) is 4.11. The average molecular weight is 164 g/mol. The highest BCUT2D eigenvalue weighted by Gasteiger charge is 2.17. The second kappa shape index (κ2) is 3.57. The first-order valence-corrected chi connectivity index (χ1v) is 4.11. The first kappa shape index (κ1) is 9.04. The molecule has 1 rings (SSSR count). The molecule has 0 bridgehead atoms. The maximum atomic E-state index is 11.3. The predicted octanol–water partition coefficient (Wildman–Crippen LogP) is 2.04. The van der Waals surface area contributed by atoms with E-state index in [0.29, 0.717) is 0 Å². The Bertz CT molecular complexity index is 258. The van der Waals surface area contributed by atoms with Crippen molar-refractivity contribution in [3.8, 4) is 0 Å². The van der Waals surface area contributed by atoms with Gasteiger partial charge >= 0.3 is 0 Å². The van der Waals surface area contributed by atoms with E-state index in [-0.39, 0.29) is 5.92 Å². The van der Waals surface area contributed by atoms with Gasteiger partial charge in [0.2, 0.25) is 0 Å². The Morgan fingerprint density at radius 3 is 2.58 bits per heavy atom. The minimum atomic E-state index is 0.240. The van der Waals surface area contributed by atoms with Crippen molar-refractivity contribution in [2.75, 3.05) is 0 Å². The van der Waals surface area contributed by atoms with Gasteiger partial charge in [0.1, 0.15) is 0 Å². The predicted molar refractivity (Wildman–Crippen MR) is 48.4 cm³/mol. The molecule has 0 spiro atoms. The lowest BCUT2D eigenvalue weighted by molar-refractivity contribution is -0.615. The Balaban J connectivity index is 2.94. The van der Waals surface area contributed by atoms with Gasteiger partial charge in [-0.1, -0.05) is 26.8 Å². The second-order valence-electron chi connectivity index (χ2n) is 3.25. The number of hydrogen-bond donors (Lipinski definition) is 0. The fourth-order valence-corrected chi connectivity index (χ4v) is 1.07. The topological polar surface area (TPSA) is 26.9 Å². The van der Waals surface area contributed by atoms with Crippen LogP contribution in [0.3, 0.4) is 0 Å². The Labute approximate surface area is 73.4 Å². The van der Waals surface area contributed by atoms with Crippen molar-refractivity contribution < 1.29 is 4.73 Å². The molecule has 0 aliphatic carbocycles. The summed E-state index contributed by atoms with van der Waals surface area (Å²) >= 11 is 0. The summed E-state index contributed by atoms with van der Waals surface area (Å²) in [5.74, 6) is 1.49. The molecule has 0 fully saturated rings. The molecule has 1 atom stereocenters. The number of pyridine rings is 1. The zero-order valence-electron chi connectivity index (χ0n) is 7.74. The molecule has 1 unspecified atom stereocenters. The van der Waals surface area contributed by atoms with Gasteiger partial charge in [0.25, 0.3) is 0 Å². The fourth-order valence-electron chi connectivity index (χ4n) is 1.07. The Morgan fingerprint density at radius 2 is 2.08 bits per heavy atom. The summed E-state index contributed by atoms with van der Waals surface area (Å²) < 4.78 is 0.928. The normalized spacial score (nSPS) is 13.3. The molecule has 0 aliphatic rings. The molecule has 0 saturated carbocycles. The summed E-state index contributed by atoms with van der Waals surface area (Å²) in [4.78, 5) is 0. The monoisotopic (exact) mass is 164 g/mol. The summed E-state index contributed by atoms with van der Waals surface area (Å²) in [6.45, 7) is 6.12. The van der Waals surface area contributed by atoms with Crippen LogP contribution in [0.15, 0.2) is 24.4 Å². The molecule has 0 saturated heterocycles. The van der Waals surface area contributed by atoms with Gasteiger partial charge in [-0.05, 0) is 5.92 Å². The number of hydrogen-bond acceptors (Lipinski definition) is 1. The molecule has 2 heteroatoms. The molecule has 0 amide bonds. The molecule has 1 aromatic rings. The molecule has 65 valence electrons. The van der Waals surface area contributed by atoms with Crippen molar-refractivity contribution in [1.29, 1.82) is 0 Å². The number of aromatic nitrogens is 1. The van der Waals surface area contributed by atoms with E-state index in [4.69, 9.17) is 0 Å². The Morgan fingerprint density at radius 1 is 1.42 bits per heavy atom. The summed E-state index contributed by atoms with van der Waals surface area (Å²) in [5, 5.41) is 11.3. The van der Waals surface area contributed by atoms with Crippen LogP contribution in [0, 0.1) is 11.1 Å². The van der Waals surface area contributed by atoms with Crippen molar-refractivity contribution >= 4 is 0 Å². The molecule has 0 N–H and O–H groups in total. The van der Waals surface area contributed by atoms with Crippen LogP contribution in [0.4, 0.5) is 0 Å². The van der Waals surface area contributed by atoms with Crippen LogP contribution >= 0.6 is 0 Å². The standard InChI is InChI=1S/C10H14NO/c1-8(2)9(3)10-6-4-5-7-11(10)12/h4-7,9H,1-3H3. The SMILES string of the molecule is C[C](C)C(C)c1cccc[n+]1[O-]. The average Bonchev–Trinajstić information content (AvgIpc) is 2.04. The lowest BCUT2D eigenvalue weighted by Crippen LogP contribution is -2.32. The maximum absolute atomic E-state index is 11.3. The minimum absolute atomic E-state index is 0.240. The van der Waals surface area contributed by atoms with Crippen LogP contribution in [0.25, 0.3) is 0 Å². The number of rotatable bonds is 2. The summed E-state index contributed by atoms with van der Waals surface area (Å²) in [6.07, 6.45) is 1.54. The van der Waals surface area contributed by atoms with Crippen LogP contribution in [-0.4, -0.2) is 0 Å². The lowest BCUT2D eigenvalue weighted by Gasteiger charge is -2.13. The van der Waals surface area contributed by atoms with Crippen LogP contribution in [-0.2, 0) is 0 Å². The van der Waals surface area contributed by atoms with Crippen LogP contribution < -0.4 is 4.73 Å². The highest BCUT2D eigenvalue weighted by atomic mass is 16.5. The van der Waals surface area contributed by atoms with Crippen molar-refractivity contribution in [3.63, 3.8) is 0 Å². The first-order chi connectivity index (χ1) is 5.63. The van der Waals surface area contributed by atoms with Crippen molar-refractivity contribution in [2.24, 2.45) is 0 Å². The number of nitrogens with zero attached hydrogens (tertiary/aromatic N) is 1. The molecule has 0 aliphatic heterocycles. The Hall–Kier alpha value is -1.05. The van der Waals surface area contributed by atoms with Gasteiger partial charge in [-0.15, -0.1) is 0 Å². The van der Waals surface area contributed by atoms with Crippen LogP contribution in [0.2, 0.25) is 0 Å². The highest BCUT2D eigenvalue weighted by molar-refractivity contribution is 5.10. The second-order valence-corrected chi connectivity index (χ2v) is 3.25. The van der Waals surface area contributed by atoms with Crippen molar-refractivity contribution in [1.82, 2.24) is 0 Å². The quantitative estimate of drug-likeness (QED) is 0.485. The smallest absolute Gasteiger partial charge is 0.196 e. The highest BCUT2D eigenvalue weighted by Crippen LogP contribution is 2.21. The van der Waals surface area contributed by atoms with Crippen molar-refractivity contribution in [2.45, 2.75) is 26.7 Å². The van der Waals surface area contributed by atoms with Crippen LogP contribution in [0.1, 0.15) is 32.4 Å². The summed E-state index contributed by atoms with van der Waals surface area (Å²) in [5.41, 5.74) is 0.817.